The van der Waals surface area contributed by atoms with Crippen LogP contribution in [0.2, 0.25) is 0 Å². The number of benzene rings is 1. The zero-order valence-corrected chi connectivity index (χ0v) is 12.7. The van der Waals surface area contributed by atoms with Crippen LogP contribution < -0.4 is 5.32 Å². The molecule has 1 aromatic carbocycles. The van der Waals surface area contributed by atoms with Gasteiger partial charge in [-0.3, -0.25) is 0 Å². The Bertz CT molecular complexity index is 550. The van der Waals surface area contributed by atoms with Gasteiger partial charge >= 0.3 is 0 Å². The normalized spacial score (nSPS) is 10.9. The van der Waals surface area contributed by atoms with Crippen molar-refractivity contribution in [3.8, 4) is 10.6 Å². The van der Waals surface area contributed by atoms with Crippen LogP contribution >= 0.6 is 27.3 Å². The fourth-order valence-electron chi connectivity index (χ4n) is 1.47. The quantitative estimate of drug-likeness (QED) is 0.817. The molecule has 0 amide bonds. The number of hydrogen-bond acceptors (Lipinski definition) is 5. The smallest absolute Gasteiger partial charge is 0.150 e. The van der Waals surface area contributed by atoms with Crippen LogP contribution in [0.4, 0.5) is 4.39 Å². The largest absolute Gasteiger partial charge is 0.383 e. The Morgan fingerprint density at radius 2 is 2.26 bits per heavy atom. The zero-order chi connectivity index (χ0) is 13.7. The summed E-state index contributed by atoms with van der Waals surface area (Å²) in [6, 6.07) is 5.14. The van der Waals surface area contributed by atoms with E-state index in [0.29, 0.717) is 28.2 Å². The summed E-state index contributed by atoms with van der Waals surface area (Å²) in [5.41, 5.74) is 0.468. The summed E-state index contributed by atoms with van der Waals surface area (Å²) >= 11 is 4.55. The number of ether oxygens (including phenoxy) is 1. The number of nitrogens with one attached hydrogen (secondary N) is 1. The van der Waals surface area contributed by atoms with Crippen LogP contribution in [-0.2, 0) is 11.3 Å². The zero-order valence-electron chi connectivity index (χ0n) is 10.3. The van der Waals surface area contributed by atoms with Gasteiger partial charge in [-0.2, -0.15) is 0 Å². The van der Waals surface area contributed by atoms with E-state index in [4.69, 9.17) is 4.74 Å². The van der Waals surface area contributed by atoms with Gasteiger partial charge in [0.2, 0.25) is 0 Å². The van der Waals surface area contributed by atoms with Gasteiger partial charge in [0, 0.05) is 25.8 Å². The summed E-state index contributed by atoms with van der Waals surface area (Å²) in [7, 11) is 1.65. The summed E-state index contributed by atoms with van der Waals surface area (Å²) < 4.78 is 19.3. The topological polar surface area (TPSA) is 47.0 Å². The number of aromatic nitrogens is 2. The highest BCUT2D eigenvalue weighted by Gasteiger charge is 2.12. The maximum absolute atomic E-state index is 13.9. The van der Waals surface area contributed by atoms with Gasteiger partial charge in [-0.05, 0) is 28.1 Å². The van der Waals surface area contributed by atoms with E-state index in [1.165, 1.54) is 11.3 Å². The van der Waals surface area contributed by atoms with Gasteiger partial charge in [0.15, 0.2) is 5.01 Å². The van der Waals surface area contributed by atoms with Gasteiger partial charge in [0.05, 0.1) is 11.1 Å². The molecule has 1 N–H and O–H groups in total. The standard InChI is InChI=1S/C12H13BrFN3OS/c1-18-6-5-15-7-10-16-17-12(19-10)8-3-2-4-9(13)11(8)14/h2-4,15H,5-7H2,1H3. The Morgan fingerprint density at radius 3 is 3.05 bits per heavy atom. The number of rotatable bonds is 6. The summed E-state index contributed by atoms with van der Waals surface area (Å²) in [5, 5.41) is 12.7. The van der Waals surface area contributed by atoms with E-state index in [2.05, 4.69) is 31.4 Å². The van der Waals surface area contributed by atoms with Crippen molar-refractivity contribution in [3.05, 3.63) is 33.5 Å². The van der Waals surface area contributed by atoms with Crippen molar-refractivity contribution in [2.24, 2.45) is 0 Å². The molecular formula is C12H13BrFN3OS. The minimum atomic E-state index is -0.308. The molecule has 0 saturated heterocycles. The molecule has 0 atom stereocenters. The molecule has 19 heavy (non-hydrogen) atoms. The number of nitrogens with zero attached hydrogens (tertiary/aromatic N) is 2. The van der Waals surface area contributed by atoms with Gasteiger partial charge in [-0.25, -0.2) is 4.39 Å². The number of methoxy groups -OCH3 is 1. The van der Waals surface area contributed by atoms with Gasteiger partial charge in [0.25, 0.3) is 0 Å². The molecule has 0 spiro atoms. The van der Waals surface area contributed by atoms with Crippen molar-refractivity contribution >= 4 is 27.3 Å². The minimum absolute atomic E-state index is 0.308. The predicted octanol–water partition coefficient (Wildman–Crippen LogP) is 2.84. The molecule has 1 heterocycles. The van der Waals surface area contributed by atoms with Crippen LogP contribution in [0.1, 0.15) is 5.01 Å². The maximum Gasteiger partial charge on any atom is 0.150 e. The van der Waals surface area contributed by atoms with Crippen LogP contribution in [0.15, 0.2) is 22.7 Å². The molecule has 1 aromatic heterocycles. The first-order chi connectivity index (χ1) is 9.22. The second-order valence-corrected chi connectivity index (χ2v) is 5.69. The van der Waals surface area contributed by atoms with E-state index in [0.717, 1.165) is 11.6 Å². The van der Waals surface area contributed by atoms with Gasteiger partial charge in [-0.15, -0.1) is 10.2 Å². The van der Waals surface area contributed by atoms with Crippen molar-refractivity contribution in [1.29, 1.82) is 0 Å². The molecule has 0 aliphatic carbocycles. The first-order valence-corrected chi connectivity index (χ1v) is 7.29. The number of hydrogen-bond donors (Lipinski definition) is 1. The van der Waals surface area contributed by atoms with Crippen LogP contribution in [0.3, 0.4) is 0 Å². The molecule has 7 heteroatoms. The van der Waals surface area contributed by atoms with Crippen molar-refractivity contribution in [2.75, 3.05) is 20.3 Å². The second kappa shape index (κ2) is 7.04. The molecule has 102 valence electrons. The summed E-state index contributed by atoms with van der Waals surface area (Å²) in [5.74, 6) is -0.308. The average molecular weight is 346 g/mol. The molecule has 0 fully saturated rings. The monoisotopic (exact) mass is 345 g/mol. The van der Waals surface area contributed by atoms with E-state index in [-0.39, 0.29) is 5.82 Å². The highest BCUT2D eigenvalue weighted by Crippen LogP contribution is 2.29. The molecule has 4 nitrogen and oxygen atoms in total. The van der Waals surface area contributed by atoms with Crippen molar-refractivity contribution in [1.82, 2.24) is 15.5 Å². The molecule has 0 aliphatic heterocycles. The summed E-state index contributed by atoms with van der Waals surface area (Å²) in [6.07, 6.45) is 0. The molecule has 0 unspecified atom stereocenters. The van der Waals surface area contributed by atoms with Gasteiger partial charge in [0.1, 0.15) is 10.8 Å². The van der Waals surface area contributed by atoms with Crippen LogP contribution in [-0.4, -0.2) is 30.5 Å². The third-order valence-electron chi connectivity index (χ3n) is 2.41. The predicted molar refractivity (Wildman–Crippen MR) is 76.6 cm³/mol. The fourth-order valence-corrected chi connectivity index (χ4v) is 2.67. The lowest BCUT2D eigenvalue weighted by molar-refractivity contribution is 0.199. The van der Waals surface area contributed by atoms with Gasteiger partial charge in [-0.1, -0.05) is 17.4 Å². The molecular weight excluding hydrogens is 333 g/mol. The van der Waals surface area contributed by atoms with Crippen molar-refractivity contribution in [3.63, 3.8) is 0 Å². The van der Waals surface area contributed by atoms with Crippen molar-refractivity contribution < 1.29 is 9.13 Å². The van der Waals surface area contributed by atoms with Gasteiger partial charge < -0.3 is 10.1 Å². The van der Waals surface area contributed by atoms with Crippen LogP contribution in [0, 0.1) is 5.82 Å². The first-order valence-electron chi connectivity index (χ1n) is 5.69. The Morgan fingerprint density at radius 1 is 1.42 bits per heavy atom. The Balaban J connectivity index is 2.06. The lowest BCUT2D eigenvalue weighted by atomic mass is 10.2. The molecule has 0 saturated carbocycles. The van der Waals surface area contributed by atoms with Crippen LogP contribution in [0.5, 0.6) is 0 Å². The van der Waals surface area contributed by atoms with Crippen LogP contribution in [0.25, 0.3) is 10.6 Å². The van der Waals surface area contributed by atoms with E-state index in [1.54, 1.807) is 25.3 Å². The SMILES string of the molecule is COCCNCc1nnc(-c2cccc(Br)c2F)s1. The van der Waals surface area contributed by atoms with E-state index in [9.17, 15) is 4.39 Å². The molecule has 2 aromatic rings. The molecule has 0 aliphatic rings. The minimum Gasteiger partial charge on any atom is -0.383 e. The lowest BCUT2D eigenvalue weighted by Gasteiger charge is -2.00. The lowest BCUT2D eigenvalue weighted by Crippen LogP contribution is -2.18. The molecule has 0 bridgehead atoms. The third kappa shape index (κ3) is 3.79. The molecule has 0 radical (unpaired) electrons. The van der Waals surface area contributed by atoms with E-state index >= 15 is 0 Å². The summed E-state index contributed by atoms with van der Waals surface area (Å²) in [4.78, 5) is 0. The highest BCUT2D eigenvalue weighted by molar-refractivity contribution is 9.10. The second-order valence-electron chi connectivity index (χ2n) is 3.77. The Kier molecular flexibility index (Phi) is 5.38. The van der Waals surface area contributed by atoms with E-state index < -0.39 is 0 Å². The first kappa shape index (κ1) is 14.5. The van der Waals surface area contributed by atoms with Crippen molar-refractivity contribution in [2.45, 2.75) is 6.54 Å². The third-order valence-corrected chi connectivity index (χ3v) is 3.98. The summed E-state index contributed by atoms with van der Waals surface area (Å²) in [6.45, 7) is 2.00. The Hall–Kier alpha value is -0.890. The highest BCUT2D eigenvalue weighted by atomic mass is 79.9. The number of halogens is 2. The van der Waals surface area contributed by atoms with E-state index in [1.807, 2.05) is 0 Å². The Labute approximate surface area is 123 Å². The maximum atomic E-state index is 13.9. The average Bonchev–Trinajstić information content (AvgIpc) is 2.87. The molecule has 2 rings (SSSR count). The fraction of sp³-hybridized carbons (Fsp3) is 0.333.